The summed E-state index contributed by atoms with van der Waals surface area (Å²) in [5, 5.41) is 0. The average molecular weight is 210 g/mol. The van der Waals surface area contributed by atoms with Crippen LogP contribution in [0.5, 0.6) is 0 Å². The molecular weight excluding hydrogens is 192 g/mol. The molecule has 0 bridgehead atoms. The Labute approximate surface area is 99.8 Å². The summed E-state index contributed by atoms with van der Waals surface area (Å²) in [4.78, 5) is 0. The summed E-state index contributed by atoms with van der Waals surface area (Å²) >= 11 is 0. The van der Waals surface area contributed by atoms with Gasteiger partial charge in [0.05, 0.1) is 2.74 Å². The van der Waals surface area contributed by atoms with E-state index in [1.807, 2.05) is 25.1 Å². The molecule has 0 radical (unpaired) electrons. The number of hydrogen-bond donors (Lipinski definition) is 0. The molecule has 2 aromatic carbocycles. The molecule has 0 amide bonds. The van der Waals surface area contributed by atoms with E-state index in [0.717, 1.165) is 16.7 Å². The summed E-state index contributed by atoms with van der Waals surface area (Å²) in [6.45, 7) is 6.43. The van der Waals surface area contributed by atoms with Crippen LogP contribution in [0.3, 0.4) is 0 Å². The molecule has 0 saturated heterocycles. The van der Waals surface area contributed by atoms with Crippen molar-refractivity contribution in [1.82, 2.24) is 0 Å². The van der Waals surface area contributed by atoms with Crippen molar-refractivity contribution in [3.05, 3.63) is 59.1 Å². The quantitative estimate of drug-likeness (QED) is 0.608. The number of benzene rings is 2. The van der Waals surface area contributed by atoms with Gasteiger partial charge in [0, 0.05) is 5.41 Å². The fraction of sp³-hybridized carbons (Fsp3) is 0.250. The lowest BCUT2D eigenvalue weighted by molar-refractivity contribution is 0.660. The van der Waals surface area contributed by atoms with Crippen LogP contribution in [0.15, 0.2) is 42.4 Å². The zero-order valence-electron chi connectivity index (χ0n) is 11.9. The molecule has 0 heteroatoms. The van der Waals surface area contributed by atoms with Crippen molar-refractivity contribution in [3.63, 3.8) is 0 Å². The van der Waals surface area contributed by atoms with Crippen LogP contribution in [0.2, 0.25) is 0 Å². The molecule has 0 nitrogen and oxygen atoms in total. The molecular formula is C16H16. The fourth-order valence-corrected chi connectivity index (χ4v) is 2.80. The number of fused-ring (bicyclic) bond motifs is 3. The van der Waals surface area contributed by atoms with E-state index in [9.17, 15) is 0 Å². The van der Waals surface area contributed by atoms with Crippen LogP contribution in [0.25, 0.3) is 11.1 Å². The molecule has 0 fully saturated rings. The average Bonchev–Trinajstić information content (AvgIpc) is 2.52. The van der Waals surface area contributed by atoms with Crippen molar-refractivity contribution >= 4 is 0 Å². The highest BCUT2D eigenvalue weighted by Gasteiger charge is 2.35. The van der Waals surface area contributed by atoms with E-state index in [0.29, 0.717) is 12.1 Å². The zero-order chi connectivity index (χ0) is 13.1. The standard InChI is InChI=1S/C16H16/c1-11-7-6-10-14-15(11)12-8-4-5-9-13(12)16(14,2)3/h4-10H,1-3H3/i4D,7D. The minimum atomic E-state index is -0.0309. The molecule has 0 unspecified atom stereocenters. The monoisotopic (exact) mass is 210 g/mol. The second kappa shape index (κ2) is 2.98. The van der Waals surface area contributed by atoms with Gasteiger partial charge in [-0.3, -0.25) is 0 Å². The van der Waals surface area contributed by atoms with Crippen LogP contribution in [-0.2, 0) is 5.41 Å². The first-order chi connectivity index (χ1) is 8.43. The highest BCUT2D eigenvalue weighted by Crippen LogP contribution is 2.49. The van der Waals surface area contributed by atoms with Gasteiger partial charge in [-0.2, -0.15) is 0 Å². The molecule has 0 aromatic heterocycles. The van der Waals surface area contributed by atoms with Gasteiger partial charge in [0.1, 0.15) is 0 Å². The molecule has 0 atom stereocenters. The zero-order valence-corrected chi connectivity index (χ0v) is 9.89. The Bertz CT molecular complexity index is 654. The first kappa shape index (κ1) is 7.67. The van der Waals surface area contributed by atoms with Crippen LogP contribution in [0, 0.1) is 6.92 Å². The van der Waals surface area contributed by atoms with Crippen LogP contribution in [0.4, 0.5) is 0 Å². The van der Waals surface area contributed by atoms with Gasteiger partial charge in [0.15, 0.2) is 0 Å². The molecule has 0 saturated carbocycles. The normalized spacial score (nSPS) is 17.4. The molecule has 3 rings (SSSR count). The first-order valence-electron chi connectivity index (χ1n) is 6.65. The minimum absolute atomic E-state index is 0.0309. The van der Waals surface area contributed by atoms with E-state index in [-0.39, 0.29) is 5.41 Å². The minimum Gasteiger partial charge on any atom is -0.0619 e. The van der Waals surface area contributed by atoms with Gasteiger partial charge < -0.3 is 0 Å². The summed E-state index contributed by atoms with van der Waals surface area (Å²) < 4.78 is 15.8. The van der Waals surface area contributed by atoms with Gasteiger partial charge in [-0.05, 0) is 34.7 Å². The van der Waals surface area contributed by atoms with Gasteiger partial charge in [-0.1, -0.05) is 56.3 Å². The van der Waals surface area contributed by atoms with Crippen LogP contribution >= 0.6 is 0 Å². The van der Waals surface area contributed by atoms with Crippen molar-refractivity contribution in [2.45, 2.75) is 26.2 Å². The smallest absolute Gasteiger partial charge is 0.0619 e. The topological polar surface area (TPSA) is 0 Å². The third-order valence-electron chi connectivity index (χ3n) is 3.67. The van der Waals surface area contributed by atoms with Crippen molar-refractivity contribution < 1.29 is 2.74 Å². The lowest BCUT2D eigenvalue weighted by Gasteiger charge is -2.21. The summed E-state index contributed by atoms with van der Waals surface area (Å²) in [7, 11) is 0. The van der Waals surface area contributed by atoms with Crippen molar-refractivity contribution in [3.8, 4) is 11.1 Å². The molecule has 0 N–H and O–H groups in total. The fourth-order valence-electron chi connectivity index (χ4n) is 2.80. The van der Waals surface area contributed by atoms with Crippen molar-refractivity contribution in [1.29, 1.82) is 0 Å². The Balaban J connectivity index is 2.45. The Kier molecular flexibility index (Phi) is 1.43. The van der Waals surface area contributed by atoms with Gasteiger partial charge >= 0.3 is 0 Å². The lowest BCUT2D eigenvalue weighted by atomic mass is 9.82. The van der Waals surface area contributed by atoms with E-state index in [4.69, 9.17) is 2.74 Å². The predicted molar refractivity (Wildman–Crippen MR) is 68.7 cm³/mol. The van der Waals surface area contributed by atoms with E-state index in [1.165, 1.54) is 11.1 Å². The van der Waals surface area contributed by atoms with Crippen molar-refractivity contribution in [2.24, 2.45) is 0 Å². The summed E-state index contributed by atoms with van der Waals surface area (Å²) in [5.41, 5.74) is 5.83. The van der Waals surface area contributed by atoms with Gasteiger partial charge in [-0.15, -0.1) is 0 Å². The van der Waals surface area contributed by atoms with Gasteiger partial charge in [-0.25, -0.2) is 0 Å². The predicted octanol–water partition coefficient (Wildman–Crippen LogP) is 4.30. The highest BCUT2D eigenvalue weighted by atomic mass is 14.4. The number of rotatable bonds is 0. The molecule has 80 valence electrons. The Hall–Kier alpha value is -1.56. The third-order valence-corrected chi connectivity index (χ3v) is 3.67. The molecule has 0 spiro atoms. The second-order valence-electron chi connectivity index (χ2n) is 4.99. The van der Waals surface area contributed by atoms with Crippen LogP contribution in [-0.4, -0.2) is 0 Å². The van der Waals surface area contributed by atoms with Gasteiger partial charge in [0.25, 0.3) is 0 Å². The molecule has 0 aliphatic heterocycles. The molecule has 2 aromatic rings. The second-order valence-corrected chi connectivity index (χ2v) is 4.99. The summed E-state index contributed by atoms with van der Waals surface area (Å²) in [6.07, 6.45) is 0. The van der Waals surface area contributed by atoms with E-state index < -0.39 is 0 Å². The molecule has 1 aliphatic rings. The SMILES string of the molecule is [2H]c1ccc2c(c1)-c1c(ccc([2H])c1C)C2(C)C. The van der Waals surface area contributed by atoms with Gasteiger partial charge in [0.2, 0.25) is 0 Å². The third kappa shape index (κ3) is 1.05. The van der Waals surface area contributed by atoms with E-state index in [2.05, 4.69) is 26.0 Å². The van der Waals surface area contributed by atoms with Crippen molar-refractivity contribution in [2.75, 3.05) is 0 Å². The molecule has 0 heterocycles. The summed E-state index contributed by atoms with van der Waals surface area (Å²) in [5.74, 6) is 0. The van der Waals surface area contributed by atoms with Crippen LogP contribution in [0.1, 0.15) is 33.3 Å². The Morgan fingerprint density at radius 3 is 2.62 bits per heavy atom. The maximum atomic E-state index is 7.97. The molecule has 16 heavy (non-hydrogen) atoms. The first-order valence-corrected chi connectivity index (χ1v) is 5.65. The Morgan fingerprint density at radius 2 is 1.81 bits per heavy atom. The maximum absolute atomic E-state index is 7.97. The van der Waals surface area contributed by atoms with E-state index in [1.54, 1.807) is 0 Å². The largest absolute Gasteiger partial charge is 0.0626 e. The summed E-state index contributed by atoms with van der Waals surface area (Å²) in [6, 6.07) is 10.9. The van der Waals surface area contributed by atoms with E-state index >= 15 is 0 Å². The number of hydrogen-bond acceptors (Lipinski definition) is 0. The lowest BCUT2D eigenvalue weighted by Crippen LogP contribution is -2.14. The Morgan fingerprint density at radius 1 is 1.06 bits per heavy atom. The highest BCUT2D eigenvalue weighted by molar-refractivity contribution is 5.82. The molecule has 1 aliphatic carbocycles. The maximum Gasteiger partial charge on any atom is 0.0626 e. The van der Waals surface area contributed by atoms with Crippen LogP contribution < -0.4 is 0 Å².